The van der Waals surface area contributed by atoms with Gasteiger partial charge in [-0.25, -0.2) is 0 Å². The van der Waals surface area contributed by atoms with Crippen LogP contribution in [0.15, 0.2) is 24.3 Å². The maximum Gasteiger partial charge on any atom is 0.0359 e. The minimum Gasteiger partial charge on any atom is -0.398 e. The van der Waals surface area contributed by atoms with Crippen LogP contribution in [0.5, 0.6) is 0 Å². The van der Waals surface area contributed by atoms with E-state index in [1.165, 1.54) is 0 Å². The van der Waals surface area contributed by atoms with Crippen LogP contribution >= 0.6 is 0 Å². The molecule has 0 atom stereocenters. The van der Waals surface area contributed by atoms with Crippen molar-refractivity contribution >= 4 is 5.69 Å². The molecule has 1 rings (SSSR count). The molecule has 0 saturated heterocycles. The van der Waals surface area contributed by atoms with Gasteiger partial charge in [0.05, 0.1) is 0 Å². The number of anilines is 1. The lowest BCUT2D eigenvalue weighted by Gasteiger charge is -2.06. The highest BCUT2D eigenvalue weighted by atomic mass is 14.8. The fourth-order valence-corrected chi connectivity index (χ4v) is 1.40. The molecule has 0 bridgehead atoms. The van der Waals surface area contributed by atoms with Gasteiger partial charge in [-0.15, -0.1) is 12.3 Å². The Morgan fingerprint density at radius 1 is 1.27 bits per heavy atom. The second kappa shape index (κ2) is 6.92. The van der Waals surface area contributed by atoms with Crippen molar-refractivity contribution in [1.82, 2.24) is 5.32 Å². The van der Waals surface area contributed by atoms with Crippen molar-refractivity contribution in [3.05, 3.63) is 29.8 Å². The lowest BCUT2D eigenvalue weighted by Crippen LogP contribution is -2.15. The van der Waals surface area contributed by atoms with Crippen LogP contribution in [0.1, 0.15) is 24.8 Å². The number of unbranched alkanes of at least 4 members (excludes halogenated alkanes) is 2. The van der Waals surface area contributed by atoms with E-state index in [9.17, 15) is 0 Å². The average Bonchev–Trinajstić information content (AvgIpc) is 2.25. The molecule has 80 valence electrons. The number of hydrogen-bond acceptors (Lipinski definition) is 2. The Morgan fingerprint density at radius 3 is 2.80 bits per heavy atom. The van der Waals surface area contributed by atoms with Crippen molar-refractivity contribution in [3.63, 3.8) is 0 Å². The predicted octanol–water partition coefficient (Wildman–Crippen LogP) is 2.16. The molecule has 2 heteroatoms. The summed E-state index contributed by atoms with van der Waals surface area (Å²) in [6, 6.07) is 7.93. The summed E-state index contributed by atoms with van der Waals surface area (Å²) >= 11 is 0. The molecule has 0 unspecified atom stereocenters. The quantitative estimate of drug-likeness (QED) is 0.421. The van der Waals surface area contributed by atoms with Gasteiger partial charge < -0.3 is 11.1 Å². The van der Waals surface area contributed by atoms with E-state index in [1.807, 2.05) is 24.3 Å². The third kappa shape index (κ3) is 4.53. The third-order valence-corrected chi connectivity index (χ3v) is 2.30. The molecule has 0 aliphatic heterocycles. The maximum atomic E-state index is 5.82. The summed E-state index contributed by atoms with van der Waals surface area (Å²) in [6.07, 6.45) is 8.25. The summed E-state index contributed by atoms with van der Waals surface area (Å²) in [5.74, 6) is 2.64. The predicted molar refractivity (Wildman–Crippen MR) is 65.2 cm³/mol. The first-order valence-electron chi connectivity index (χ1n) is 5.32. The zero-order chi connectivity index (χ0) is 10.9. The number of para-hydroxylation sites is 1. The number of nitrogens with two attached hydrogens (primary N) is 1. The van der Waals surface area contributed by atoms with Crippen molar-refractivity contribution < 1.29 is 0 Å². The van der Waals surface area contributed by atoms with Gasteiger partial charge in [-0.1, -0.05) is 18.2 Å². The van der Waals surface area contributed by atoms with Crippen molar-refractivity contribution in [1.29, 1.82) is 0 Å². The second-order valence-electron chi connectivity index (χ2n) is 3.54. The SMILES string of the molecule is C#CCCCCNCc1ccccc1N. The Kier molecular flexibility index (Phi) is 5.35. The molecule has 0 saturated carbocycles. The minimum absolute atomic E-state index is 0.836. The first-order valence-corrected chi connectivity index (χ1v) is 5.32. The van der Waals surface area contributed by atoms with E-state index in [1.54, 1.807) is 0 Å². The number of rotatable bonds is 6. The Balaban J connectivity index is 2.16. The highest BCUT2D eigenvalue weighted by Crippen LogP contribution is 2.09. The smallest absolute Gasteiger partial charge is 0.0359 e. The molecule has 1 aromatic rings. The number of terminal acetylenes is 1. The molecule has 3 N–H and O–H groups in total. The van der Waals surface area contributed by atoms with E-state index in [0.717, 1.165) is 43.6 Å². The molecule has 0 aliphatic rings. The zero-order valence-electron chi connectivity index (χ0n) is 9.00. The molecule has 0 aromatic heterocycles. The van der Waals surface area contributed by atoms with Gasteiger partial charge in [-0.2, -0.15) is 0 Å². The van der Waals surface area contributed by atoms with Gasteiger partial charge in [-0.05, 0) is 31.0 Å². The summed E-state index contributed by atoms with van der Waals surface area (Å²) in [6.45, 7) is 1.83. The fraction of sp³-hybridized carbons (Fsp3) is 0.385. The number of nitrogens with one attached hydrogen (secondary N) is 1. The summed E-state index contributed by atoms with van der Waals surface area (Å²) in [5, 5.41) is 3.35. The molecular formula is C13H18N2. The lowest BCUT2D eigenvalue weighted by molar-refractivity contribution is 0.630. The highest BCUT2D eigenvalue weighted by molar-refractivity contribution is 5.46. The van der Waals surface area contributed by atoms with Gasteiger partial charge in [0, 0.05) is 18.7 Å². The van der Waals surface area contributed by atoms with Crippen LogP contribution in [0.2, 0.25) is 0 Å². The molecule has 0 fully saturated rings. The van der Waals surface area contributed by atoms with Crippen molar-refractivity contribution in [2.45, 2.75) is 25.8 Å². The van der Waals surface area contributed by atoms with Gasteiger partial charge in [0.25, 0.3) is 0 Å². The molecule has 1 aromatic carbocycles. The topological polar surface area (TPSA) is 38.0 Å². The van der Waals surface area contributed by atoms with E-state index < -0.39 is 0 Å². The fourth-order valence-electron chi connectivity index (χ4n) is 1.40. The first kappa shape index (κ1) is 11.6. The number of nitrogen functional groups attached to an aromatic ring is 1. The van der Waals surface area contributed by atoms with E-state index in [0.29, 0.717) is 0 Å². The number of hydrogen-bond donors (Lipinski definition) is 2. The van der Waals surface area contributed by atoms with E-state index in [4.69, 9.17) is 12.2 Å². The molecule has 0 heterocycles. The summed E-state index contributed by atoms with van der Waals surface area (Å²) in [7, 11) is 0. The Bertz CT molecular complexity index is 326. The van der Waals surface area contributed by atoms with Crippen LogP contribution in [0.25, 0.3) is 0 Å². The van der Waals surface area contributed by atoms with Crippen LogP contribution in [-0.4, -0.2) is 6.54 Å². The number of benzene rings is 1. The Hall–Kier alpha value is -1.46. The van der Waals surface area contributed by atoms with Crippen LogP contribution in [0.3, 0.4) is 0 Å². The van der Waals surface area contributed by atoms with Gasteiger partial charge in [-0.3, -0.25) is 0 Å². The molecule has 0 amide bonds. The van der Waals surface area contributed by atoms with E-state index in [-0.39, 0.29) is 0 Å². The molecule has 0 aliphatic carbocycles. The minimum atomic E-state index is 0.836. The van der Waals surface area contributed by atoms with Gasteiger partial charge in [0.2, 0.25) is 0 Å². The monoisotopic (exact) mass is 202 g/mol. The van der Waals surface area contributed by atoms with Crippen LogP contribution in [-0.2, 0) is 6.54 Å². The highest BCUT2D eigenvalue weighted by Gasteiger charge is 1.95. The van der Waals surface area contributed by atoms with Gasteiger partial charge in [0.1, 0.15) is 0 Å². The van der Waals surface area contributed by atoms with Gasteiger partial charge in [0.15, 0.2) is 0 Å². The molecule has 15 heavy (non-hydrogen) atoms. The molecule has 0 radical (unpaired) electrons. The summed E-state index contributed by atoms with van der Waals surface area (Å²) < 4.78 is 0. The van der Waals surface area contributed by atoms with Crippen LogP contribution in [0.4, 0.5) is 5.69 Å². The van der Waals surface area contributed by atoms with Crippen molar-refractivity contribution in [3.8, 4) is 12.3 Å². The normalized spacial score (nSPS) is 9.80. The third-order valence-electron chi connectivity index (χ3n) is 2.30. The van der Waals surface area contributed by atoms with Crippen LogP contribution in [0, 0.1) is 12.3 Å². The second-order valence-corrected chi connectivity index (χ2v) is 3.54. The summed E-state index contributed by atoms with van der Waals surface area (Å²) in [5.41, 5.74) is 7.83. The standard InChI is InChI=1S/C13H18N2/c1-2-3-4-7-10-15-11-12-8-5-6-9-13(12)14/h1,5-6,8-9,15H,3-4,7,10-11,14H2. The van der Waals surface area contributed by atoms with Crippen molar-refractivity contribution in [2.75, 3.05) is 12.3 Å². The molecular weight excluding hydrogens is 184 g/mol. The lowest BCUT2D eigenvalue weighted by atomic mass is 10.2. The average molecular weight is 202 g/mol. The Morgan fingerprint density at radius 2 is 2.07 bits per heavy atom. The zero-order valence-corrected chi connectivity index (χ0v) is 9.00. The largest absolute Gasteiger partial charge is 0.398 e. The maximum absolute atomic E-state index is 5.82. The molecule has 0 spiro atoms. The van der Waals surface area contributed by atoms with Gasteiger partial charge >= 0.3 is 0 Å². The first-order chi connectivity index (χ1) is 7.34. The van der Waals surface area contributed by atoms with E-state index in [2.05, 4.69) is 11.2 Å². The van der Waals surface area contributed by atoms with Crippen LogP contribution < -0.4 is 11.1 Å². The van der Waals surface area contributed by atoms with Crippen molar-refractivity contribution in [2.24, 2.45) is 0 Å². The Labute approximate surface area is 91.9 Å². The van der Waals surface area contributed by atoms with E-state index >= 15 is 0 Å². The molecule has 2 nitrogen and oxygen atoms in total. The summed E-state index contributed by atoms with van der Waals surface area (Å²) in [4.78, 5) is 0.